The molecule has 2 atom stereocenters. The highest BCUT2D eigenvalue weighted by Gasteiger charge is 2.24. The van der Waals surface area contributed by atoms with Crippen LogP contribution in [0.2, 0.25) is 0 Å². The first-order chi connectivity index (χ1) is 18.4. The maximum atomic E-state index is 13.2. The summed E-state index contributed by atoms with van der Waals surface area (Å²) in [7, 11) is 0. The van der Waals surface area contributed by atoms with E-state index >= 15 is 0 Å². The zero-order valence-corrected chi connectivity index (χ0v) is 21.7. The third-order valence-corrected chi connectivity index (χ3v) is 7.57. The highest BCUT2D eigenvalue weighted by Crippen LogP contribution is 2.27. The van der Waals surface area contributed by atoms with Gasteiger partial charge in [-0.3, -0.25) is 9.59 Å². The fourth-order valence-corrected chi connectivity index (χ4v) is 5.24. The van der Waals surface area contributed by atoms with Crippen molar-refractivity contribution in [3.63, 3.8) is 0 Å². The predicted molar refractivity (Wildman–Crippen MR) is 148 cm³/mol. The Kier molecular flexibility index (Phi) is 7.55. The van der Waals surface area contributed by atoms with Crippen LogP contribution in [0.25, 0.3) is 0 Å². The van der Waals surface area contributed by atoms with Gasteiger partial charge in [0.1, 0.15) is 11.4 Å². The Labute approximate surface area is 223 Å². The number of rotatable bonds is 7. The van der Waals surface area contributed by atoms with E-state index in [1.165, 1.54) is 17.3 Å². The van der Waals surface area contributed by atoms with Gasteiger partial charge in [0.2, 0.25) is 5.95 Å². The number of primary amides is 1. The lowest BCUT2D eigenvalue weighted by Crippen LogP contribution is -2.43. The van der Waals surface area contributed by atoms with Crippen molar-refractivity contribution >= 4 is 29.3 Å². The smallest absolute Gasteiger partial charge is 0.254 e. The number of nitrogens with one attached hydrogen (secondary N) is 2. The number of hydrogen-bond donors (Lipinski definition) is 4. The molecule has 198 valence electrons. The van der Waals surface area contributed by atoms with E-state index in [2.05, 4.69) is 33.6 Å². The van der Waals surface area contributed by atoms with Gasteiger partial charge >= 0.3 is 0 Å². The zero-order chi connectivity index (χ0) is 26.6. The van der Waals surface area contributed by atoms with Gasteiger partial charge < -0.3 is 27.0 Å². The van der Waals surface area contributed by atoms with Crippen LogP contribution in [0.4, 0.5) is 17.5 Å². The minimum Gasteiger partial charge on any atom is -0.365 e. The molecule has 2 aliphatic rings. The van der Waals surface area contributed by atoms with E-state index in [1.54, 1.807) is 0 Å². The fourth-order valence-electron chi connectivity index (χ4n) is 5.24. The summed E-state index contributed by atoms with van der Waals surface area (Å²) in [6.07, 6.45) is 7.31. The minimum atomic E-state index is -0.614. The van der Waals surface area contributed by atoms with Gasteiger partial charge in [0.25, 0.3) is 11.8 Å². The number of aryl methyl sites for hydroxylation is 1. The molecule has 3 aromatic rings. The highest BCUT2D eigenvalue weighted by atomic mass is 16.2. The normalized spacial score (nSPS) is 18.9. The maximum absolute atomic E-state index is 13.2. The lowest BCUT2D eigenvalue weighted by Gasteiger charge is -2.30. The molecule has 0 saturated heterocycles. The van der Waals surface area contributed by atoms with Gasteiger partial charge in [-0.2, -0.15) is 4.98 Å². The van der Waals surface area contributed by atoms with E-state index in [0.717, 1.165) is 49.8 Å². The number of fused-ring (bicyclic) bond motifs is 1. The van der Waals surface area contributed by atoms with E-state index in [0.29, 0.717) is 30.4 Å². The lowest BCUT2D eigenvalue weighted by molar-refractivity contribution is 0.0734. The van der Waals surface area contributed by atoms with Crippen LogP contribution in [0, 0.1) is 0 Å². The predicted octanol–water partition coefficient (Wildman–Crippen LogP) is 3.76. The molecule has 0 bridgehead atoms. The van der Waals surface area contributed by atoms with E-state index in [9.17, 15) is 9.59 Å². The summed E-state index contributed by atoms with van der Waals surface area (Å²) in [4.78, 5) is 36.0. The summed E-state index contributed by atoms with van der Waals surface area (Å²) < 4.78 is 0. The van der Waals surface area contributed by atoms with Crippen molar-refractivity contribution in [2.75, 3.05) is 17.2 Å². The number of aromatic nitrogens is 2. The van der Waals surface area contributed by atoms with Gasteiger partial charge in [0.05, 0.1) is 0 Å². The largest absolute Gasteiger partial charge is 0.365 e. The van der Waals surface area contributed by atoms with Crippen LogP contribution in [0.3, 0.4) is 0 Å². The number of nitrogens with zero attached hydrogens (tertiary/aromatic N) is 3. The first-order valence-corrected chi connectivity index (χ1v) is 13.4. The Bertz CT molecular complexity index is 1330. The van der Waals surface area contributed by atoms with Crippen LogP contribution < -0.4 is 22.1 Å². The average Bonchev–Trinajstić information content (AvgIpc) is 2.93. The summed E-state index contributed by atoms with van der Waals surface area (Å²) in [5, 5.41) is 6.58. The number of anilines is 3. The molecule has 6 N–H and O–H groups in total. The molecule has 2 heterocycles. The second kappa shape index (κ2) is 11.2. The SMILES string of the molecule is CCc1ccc(C(=O)N2CCc3ccc(Nc4nc(NC5CCCCC5N)ncc4C(N)=O)cc3C2)cc1. The second-order valence-electron chi connectivity index (χ2n) is 10.2. The van der Waals surface area contributed by atoms with Gasteiger partial charge in [-0.25, -0.2) is 4.98 Å². The van der Waals surface area contributed by atoms with Gasteiger partial charge in [0.15, 0.2) is 0 Å². The fraction of sp³-hybridized carbons (Fsp3) is 0.379. The second-order valence-corrected chi connectivity index (χ2v) is 10.2. The quantitative estimate of drug-likeness (QED) is 0.377. The van der Waals surface area contributed by atoms with Crippen LogP contribution in [0.5, 0.6) is 0 Å². The molecule has 1 saturated carbocycles. The molecule has 2 unspecified atom stereocenters. The number of nitrogens with two attached hydrogens (primary N) is 2. The van der Waals surface area contributed by atoms with Gasteiger partial charge in [-0.1, -0.05) is 38.0 Å². The van der Waals surface area contributed by atoms with Crippen molar-refractivity contribution in [3.8, 4) is 0 Å². The van der Waals surface area contributed by atoms with Crippen LogP contribution in [0.1, 0.15) is 70.0 Å². The van der Waals surface area contributed by atoms with Crippen LogP contribution >= 0.6 is 0 Å². The van der Waals surface area contributed by atoms with Crippen LogP contribution in [-0.2, 0) is 19.4 Å². The number of carbonyl (C=O) groups is 2. The standard InChI is InChI=1S/C29H35N7O2/c1-2-18-7-9-20(10-8-18)28(38)36-14-13-19-11-12-22(15-21(19)17-36)33-27-23(26(31)37)16-32-29(35-27)34-25-6-4-3-5-24(25)30/h7-12,15-16,24-25H,2-6,13-14,17,30H2,1H3,(H2,31,37)(H2,32,33,34,35). The molecular weight excluding hydrogens is 478 g/mol. The zero-order valence-electron chi connectivity index (χ0n) is 21.7. The van der Waals surface area contributed by atoms with E-state index in [1.807, 2.05) is 41.3 Å². The third-order valence-electron chi connectivity index (χ3n) is 7.57. The Balaban J connectivity index is 1.34. The van der Waals surface area contributed by atoms with Crippen molar-refractivity contribution in [2.45, 2.75) is 64.1 Å². The van der Waals surface area contributed by atoms with Gasteiger partial charge in [-0.05, 0) is 66.6 Å². The molecule has 9 nitrogen and oxygen atoms in total. The number of benzene rings is 2. The summed E-state index contributed by atoms with van der Waals surface area (Å²) in [5.74, 6) is 0.153. The van der Waals surface area contributed by atoms with Crippen molar-refractivity contribution in [1.29, 1.82) is 0 Å². The number of hydrogen-bond acceptors (Lipinski definition) is 7. The molecule has 0 spiro atoms. The summed E-state index contributed by atoms with van der Waals surface area (Å²) in [5.41, 5.74) is 17.0. The van der Waals surface area contributed by atoms with Crippen molar-refractivity contribution in [1.82, 2.24) is 14.9 Å². The Morgan fingerprint density at radius 3 is 2.61 bits per heavy atom. The molecule has 0 radical (unpaired) electrons. The van der Waals surface area contributed by atoms with Crippen LogP contribution in [-0.4, -0.2) is 45.3 Å². The molecule has 1 aliphatic heterocycles. The Morgan fingerprint density at radius 1 is 1.08 bits per heavy atom. The summed E-state index contributed by atoms with van der Waals surface area (Å²) in [6, 6.07) is 14.0. The first kappa shape index (κ1) is 25.7. The number of amides is 2. The molecule has 1 aromatic heterocycles. The Hall–Kier alpha value is -3.98. The van der Waals surface area contributed by atoms with E-state index in [4.69, 9.17) is 11.5 Å². The molecule has 38 heavy (non-hydrogen) atoms. The van der Waals surface area contributed by atoms with E-state index < -0.39 is 5.91 Å². The maximum Gasteiger partial charge on any atom is 0.254 e. The number of carbonyl (C=O) groups excluding carboxylic acids is 2. The van der Waals surface area contributed by atoms with Crippen LogP contribution in [0.15, 0.2) is 48.7 Å². The highest BCUT2D eigenvalue weighted by molar-refractivity contribution is 5.98. The van der Waals surface area contributed by atoms with Crippen molar-refractivity contribution in [3.05, 3.63) is 76.5 Å². The molecular formula is C29H35N7O2. The molecule has 5 rings (SSSR count). The average molecular weight is 514 g/mol. The molecule has 1 aliphatic carbocycles. The lowest BCUT2D eigenvalue weighted by atomic mass is 9.91. The monoisotopic (exact) mass is 513 g/mol. The molecule has 1 fully saturated rings. The Morgan fingerprint density at radius 2 is 1.87 bits per heavy atom. The molecule has 9 heteroatoms. The van der Waals surface area contributed by atoms with Crippen molar-refractivity contribution < 1.29 is 9.59 Å². The third kappa shape index (κ3) is 5.62. The topological polar surface area (TPSA) is 139 Å². The molecule has 2 amide bonds. The summed E-state index contributed by atoms with van der Waals surface area (Å²) in [6.45, 7) is 3.28. The summed E-state index contributed by atoms with van der Waals surface area (Å²) >= 11 is 0. The van der Waals surface area contributed by atoms with Gasteiger partial charge in [0, 0.05) is 42.6 Å². The van der Waals surface area contributed by atoms with E-state index in [-0.39, 0.29) is 23.6 Å². The van der Waals surface area contributed by atoms with Gasteiger partial charge in [-0.15, -0.1) is 0 Å². The van der Waals surface area contributed by atoms with Crippen molar-refractivity contribution in [2.24, 2.45) is 11.5 Å². The molecule has 2 aromatic carbocycles. The first-order valence-electron chi connectivity index (χ1n) is 13.4. The minimum absolute atomic E-state index is 0.0279.